The number of rotatable bonds is 4. The first kappa shape index (κ1) is 25.2. The molecular weight excluding hydrogens is 556 g/mol. The second-order valence-electron chi connectivity index (χ2n) is 12.1. The number of nitrogens with zero attached hydrogens (tertiary/aromatic N) is 2. The first-order valence-corrected chi connectivity index (χ1v) is 15.9. The van der Waals surface area contributed by atoms with Gasteiger partial charge in [0.1, 0.15) is 0 Å². The van der Waals surface area contributed by atoms with E-state index in [1.165, 1.54) is 77.0 Å². The van der Waals surface area contributed by atoms with Crippen molar-refractivity contribution in [2.24, 2.45) is 0 Å². The van der Waals surface area contributed by atoms with Gasteiger partial charge in [-0.15, -0.1) is 0 Å². The standard InChI is InChI=1S/C44H28N2/c1-3-15-31(16-4-1)45(33-25-26-40-38(28-33)35-20-9-10-23-39(35)46(40)32-17-5-2-6-18-32)41-24-12-22-37-36-21-11-14-30-27-29-13-7-8-19-34(29)44(42(30)36)43(37)41/h1-28H. The number of anilines is 3. The molecule has 1 aliphatic rings. The van der Waals surface area contributed by atoms with Crippen molar-refractivity contribution < 1.29 is 0 Å². The van der Waals surface area contributed by atoms with Crippen LogP contribution in [0.4, 0.5) is 17.1 Å². The Balaban J connectivity index is 1.28. The maximum Gasteiger partial charge on any atom is 0.0546 e. The zero-order chi connectivity index (χ0) is 30.2. The second kappa shape index (κ2) is 9.69. The molecule has 1 heterocycles. The minimum absolute atomic E-state index is 1.13. The number of hydrogen-bond donors (Lipinski definition) is 0. The van der Waals surface area contributed by atoms with E-state index in [9.17, 15) is 0 Å². The van der Waals surface area contributed by atoms with Gasteiger partial charge in [0.25, 0.3) is 0 Å². The van der Waals surface area contributed by atoms with Crippen LogP contribution < -0.4 is 4.90 Å². The SMILES string of the molecule is c1ccc(N(c2ccc3c(c2)c2ccccc2n3-c2ccccc2)c2cccc3c2-c2c4ccccc4cc4cccc-3c24)cc1. The van der Waals surface area contributed by atoms with Gasteiger partial charge < -0.3 is 9.47 Å². The summed E-state index contributed by atoms with van der Waals surface area (Å²) in [7, 11) is 0. The van der Waals surface area contributed by atoms with Gasteiger partial charge in [0, 0.05) is 39.0 Å². The van der Waals surface area contributed by atoms with Crippen molar-refractivity contribution in [3.05, 3.63) is 170 Å². The molecule has 0 spiro atoms. The maximum absolute atomic E-state index is 2.45. The highest BCUT2D eigenvalue weighted by Gasteiger charge is 2.29. The summed E-state index contributed by atoms with van der Waals surface area (Å²) in [6.07, 6.45) is 0. The molecule has 0 aliphatic heterocycles. The Hall–Kier alpha value is -6.12. The third kappa shape index (κ3) is 3.53. The van der Waals surface area contributed by atoms with Crippen LogP contribution in [0.15, 0.2) is 170 Å². The van der Waals surface area contributed by atoms with E-state index in [0.717, 1.165) is 11.4 Å². The fourth-order valence-corrected chi connectivity index (χ4v) is 7.78. The molecule has 0 bridgehead atoms. The predicted molar refractivity (Wildman–Crippen MR) is 195 cm³/mol. The Morgan fingerprint density at radius 2 is 1.07 bits per heavy atom. The molecule has 0 saturated carbocycles. The van der Waals surface area contributed by atoms with Crippen LogP contribution in [0.5, 0.6) is 0 Å². The Morgan fingerprint density at radius 3 is 1.93 bits per heavy atom. The first-order chi connectivity index (χ1) is 22.8. The van der Waals surface area contributed by atoms with Crippen LogP contribution in [0.3, 0.4) is 0 Å². The van der Waals surface area contributed by atoms with E-state index < -0.39 is 0 Å². The Labute approximate surface area is 267 Å². The summed E-state index contributed by atoms with van der Waals surface area (Å²) in [5.74, 6) is 0. The first-order valence-electron chi connectivity index (χ1n) is 15.9. The molecule has 46 heavy (non-hydrogen) atoms. The third-order valence-corrected chi connectivity index (χ3v) is 9.65. The molecule has 2 heteroatoms. The highest BCUT2D eigenvalue weighted by molar-refractivity contribution is 6.26. The lowest BCUT2D eigenvalue weighted by Gasteiger charge is -2.28. The van der Waals surface area contributed by atoms with Crippen LogP contribution in [0.25, 0.3) is 71.3 Å². The largest absolute Gasteiger partial charge is 0.310 e. The van der Waals surface area contributed by atoms with Crippen molar-refractivity contribution >= 4 is 60.4 Å². The summed E-state index contributed by atoms with van der Waals surface area (Å²) in [5.41, 5.74) is 12.3. The molecule has 0 fully saturated rings. The van der Waals surface area contributed by atoms with Crippen molar-refractivity contribution in [3.8, 4) is 27.9 Å². The summed E-state index contributed by atoms with van der Waals surface area (Å²) in [5, 5.41) is 7.68. The van der Waals surface area contributed by atoms with Crippen molar-refractivity contribution in [2.45, 2.75) is 0 Å². The van der Waals surface area contributed by atoms with E-state index in [2.05, 4.69) is 179 Å². The van der Waals surface area contributed by atoms with Gasteiger partial charge in [-0.2, -0.15) is 0 Å². The highest BCUT2D eigenvalue weighted by atomic mass is 15.1. The molecule has 8 aromatic carbocycles. The number of aromatic nitrogens is 1. The lowest BCUT2D eigenvalue weighted by molar-refractivity contribution is 1.18. The van der Waals surface area contributed by atoms with Crippen molar-refractivity contribution in [1.82, 2.24) is 4.57 Å². The third-order valence-electron chi connectivity index (χ3n) is 9.65. The average Bonchev–Trinajstić information content (AvgIpc) is 3.64. The van der Waals surface area contributed by atoms with E-state index in [-0.39, 0.29) is 0 Å². The zero-order valence-electron chi connectivity index (χ0n) is 25.1. The van der Waals surface area contributed by atoms with Crippen molar-refractivity contribution in [3.63, 3.8) is 0 Å². The molecule has 2 nitrogen and oxygen atoms in total. The van der Waals surface area contributed by atoms with Gasteiger partial charge >= 0.3 is 0 Å². The van der Waals surface area contributed by atoms with Crippen LogP contribution in [-0.2, 0) is 0 Å². The maximum atomic E-state index is 2.45. The minimum atomic E-state index is 1.13. The quantitative estimate of drug-likeness (QED) is 0.187. The molecule has 10 rings (SSSR count). The van der Waals surface area contributed by atoms with Crippen LogP contribution in [-0.4, -0.2) is 4.57 Å². The number of para-hydroxylation sites is 3. The summed E-state index contributed by atoms with van der Waals surface area (Å²) >= 11 is 0. The van der Waals surface area contributed by atoms with Crippen LogP contribution >= 0.6 is 0 Å². The molecule has 0 N–H and O–H groups in total. The monoisotopic (exact) mass is 584 g/mol. The fraction of sp³-hybridized carbons (Fsp3) is 0. The van der Waals surface area contributed by atoms with Gasteiger partial charge in [0.2, 0.25) is 0 Å². The topological polar surface area (TPSA) is 8.17 Å². The summed E-state index contributed by atoms with van der Waals surface area (Å²) in [6.45, 7) is 0. The minimum Gasteiger partial charge on any atom is -0.310 e. The molecule has 9 aromatic rings. The van der Waals surface area contributed by atoms with Gasteiger partial charge in [-0.05, 0) is 93.3 Å². The molecule has 0 amide bonds. The van der Waals surface area contributed by atoms with E-state index in [4.69, 9.17) is 0 Å². The number of hydrogen-bond acceptors (Lipinski definition) is 1. The van der Waals surface area contributed by atoms with Crippen LogP contribution in [0, 0.1) is 0 Å². The second-order valence-corrected chi connectivity index (χ2v) is 12.1. The molecule has 0 radical (unpaired) electrons. The van der Waals surface area contributed by atoms with E-state index >= 15 is 0 Å². The van der Waals surface area contributed by atoms with E-state index in [1.54, 1.807) is 0 Å². The Morgan fingerprint density at radius 1 is 0.391 bits per heavy atom. The molecule has 1 aliphatic carbocycles. The normalized spacial score (nSPS) is 11.9. The Kier molecular flexibility index (Phi) is 5.31. The molecule has 0 atom stereocenters. The van der Waals surface area contributed by atoms with Crippen molar-refractivity contribution in [2.75, 3.05) is 4.90 Å². The van der Waals surface area contributed by atoms with Crippen LogP contribution in [0.1, 0.15) is 0 Å². The molecule has 0 saturated heterocycles. The van der Waals surface area contributed by atoms with E-state index in [1.807, 2.05) is 0 Å². The Bertz CT molecular complexity index is 2630. The van der Waals surface area contributed by atoms with Crippen LogP contribution in [0.2, 0.25) is 0 Å². The summed E-state index contributed by atoms with van der Waals surface area (Å²) < 4.78 is 2.38. The lowest BCUT2D eigenvalue weighted by atomic mass is 9.94. The van der Waals surface area contributed by atoms with E-state index in [0.29, 0.717) is 0 Å². The van der Waals surface area contributed by atoms with Crippen molar-refractivity contribution in [1.29, 1.82) is 0 Å². The lowest BCUT2D eigenvalue weighted by Crippen LogP contribution is -2.11. The highest BCUT2D eigenvalue weighted by Crippen LogP contribution is 2.55. The molecule has 0 unspecified atom stereocenters. The fourth-order valence-electron chi connectivity index (χ4n) is 7.78. The summed E-state index contributed by atoms with van der Waals surface area (Å²) in [4.78, 5) is 2.45. The summed E-state index contributed by atoms with van der Waals surface area (Å²) in [6, 6.07) is 61.9. The smallest absolute Gasteiger partial charge is 0.0546 e. The zero-order valence-corrected chi connectivity index (χ0v) is 25.1. The van der Waals surface area contributed by atoms with Gasteiger partial charge in [0.05, 0.1) is 16.7 Å². The molecule has 1 aromatic heterocycles. The van der Waals surface area contributed by atoms with Gasteiger partial charge in [-0.3, -0.25) is 0 Å². The molecule has 214 valence electrons. The van der Waals surface area contributed by atoms with Gasteiger partial charge in [-0.25, -0.2) is 0 Å². The predicted octanol–water partition coefficient (Wildman–Crippen LogP) is 12.2. The number of fused-ring (bicyclic) bond motifs is 8. The average molecular weight is 585 g/mol. The van der Waals surface area contributed by atoms with Gasteiger partial charge in [0.15, 0.2) is 0 Å². The van der Waals surface area contributed by atoms with Gasteiger partial charge in [-0.1, -0.05) is 109 Å². The number of benzene rings is 8. The molecular formula is C44H28N2.